The van der Waals surface area contributed by atoms with Gasteiger partial charge in [-0.05, 0) is 48.4 Å². The Labute approximate surface area is 181 Å². The zero-order valence-electron chi connectivity index (χ0n) is 15.8. The molecule has 0 unspecified atom stereocenters. The highest BCUT2D eigenvalue weighted by Crippen LogP contribution is 2.36. The molecule has 0 radical (unpaired) electrons. The summed E-state index contributed by atoms with van der Waals surface area (Å²) in [5.74, 6) is -0.391. The lowest BCUT2D eigenvalue weighted by Gasteiger charge is -2.15. The van der Waals surface area contributed by atoms with Crippen LogP contribution in [0.5, 0.6) is 0 Å². The summed E-state index contributed by atoms with van der Waals surface area (Å²) in [5, 5.41) is 6.67. The van der Waals surface area contributed by atoms with E-state index in [4.69, 9.17) is 23.2 Å². The van der Waals surface area contributed by atoms with Crippen molar-refractivity contribution in [2.75, 3.05) is 5.32 Å². The first-order valence-corrected chi connectivity index (χ1v) is 9.67. The fraction of sp³-hybridized carbons (Fsp3) is 0.136. The number of alkyl halides is 3. The van der Waals surface area contributed by atoms with Crippen LogP contribution in [0.25, 0.3) is 0 Å². The van der Waals surface area contributed by atoms with Gasteiger partial charge in [0, 0.05) is 6.54 Å². The van der Waals surface area contributed by atoms with Crippen LogP contribution in [-0.2, 0) is 12.7 Å². The number of hydrogen-bond acceptors (Lipinski definition) is 2. The van der Waals surface area contributed by atoms with Crippen LogP contribution in [0.1, 0.15) is 27.0 Å². The molecule has 0 bridgehead atoms. The number of anilines is 2. The van der Waals surface area contributed by atoms with Gasteiger partial charge in [-0.1, -0.05) is 53.5 Å². The second kappa shape index (κ2) is 8.98. The van der Waals surface area contributed by atoms with Crippen LogP contribution in [-0.4, -0.2) is 5.91 Å². The van der Waals surface area contributed by atoms with Crippen molar-refractivity contribution in [3.63, 3.8) is 0 Å². The van der Waals surface area contributed by atoms with E-state index < -0.39 is 17.6 Å². The molecule has 1 amide bonds. The van der Waals surface area contributed by atoms with E-state index in [1.807, 2.05) is 6.92 Å². The Morgan fingerprint density at radius 1 is 0.967 bits per heavy atom. The Hall–Kier alpha value is -2.70. The average Bonchev–Trinajstić information content (AvgIpc) is 2.72. The van der Waals surface area contributed by atoms with Gasteiger partial charge >= 0.3 is 6.18 Å². The normalized spacial score (nSPS) is 11.3. The predicted molar refractivity (Wildman–Crippen MR) is 114 cm³/mol. The number of halogens is 5. The molecule has 0 aliphatic rings. The topological polar surface area (TPSA) is 41.1 Å². The van der Waals surface area contributed by atoms with Crippen LogP contribution in [0, 0.1) is 6.92 Å². The smallest absolute Gasteiger partial charge is 0.352 e. The summed E-state index contributed by atoms with van der Waals surface area (Å²) < 4.78 is 38.0. The maximum absolute atomic E-state index is 12.7. The quantitative estimate of drug-likeness (QED) is 0.437. The molecule has 0 aromatic heterocycles. The van der Waals surface area contributed by atoms with Gasteiger partial charge in [0.15, 0.2) is 0 Å². The number of aryl methyl sites for hydroxylation is 1. The lowest BCUT2D eigenvalue weighted by molar-refractivity contribution is -0.137. The minimum Gasteiger partial charge on any atom is -0.352 e. The van der Waals surface area contributed by atoms with Gasteiger partial charge in [-0.25, -0.2) is 0 Å². The van der Waals surface area contributed by atoms with E-state index in [0.29, 0.717) is 32.5 Å². The van der Waals surface area contributed by atoms with Gasteiger partial charge in [0.1, 0.15) is 0 Å². The van der Waals surface area contributed by atoms with Gasteiger partial charge in [0.2, 0.25) is 0 Å². The highest BCUT2D eigenvalue weighted by Gasteiger charge is 2.29. The van der Waals surface area contributed by atoms with E-state index in [1.165, 1.54) is 12.1 Å². The third-order valence-corrected chi connectivity index (χ3v) is 5.25. The lowest BCUT2D eigenvalue weighted by Crippen LogP contribution is -2.23. The molecule has 3 nitrogen and oxygen atoms in total. The van der Waals surface area contributed by atoms with Gasteiger partial charge in [0.05, 0.1) is 32.5 Å². The molecule has 30 heavy (non-hydrogen) atoms. The van der Waals surface area contributed by atoms with Crippen molar-refractivity contribution < 1.29 is 18.0 Å². The minimum absolute atomic E-state index is 0.0806. The predicted octanol–water partition coefficient (Wildman–Crippen LogP) is 6.99. The maximum atomic E-state index is 12.7. The van der Waals surface area contributed by atoms with E-state index in [9.17, 15) is 18.0 Å². The summed E-state index contributed by atoms with van der Waals surface area (Å²) in [4.78, 5) is 12.7. The molecule has 0 aliphatic carbocycles. The van der Waals surface area contributed by atoms with Gasteiger partial charge in [-0.15, -0.1) is 0 Å². The van der Waals surface area contributed by atoms with Crippen molar-refractivity contribution in [3.8, 4) is 0 Å². The first-order valence-electron chi connectivity index (χ1n) is 8.92. The summed E-state index contributed by atoms with van der Waals surface area (Å²) in [7, 11) is 0. The number of hydrogen-bond donors (Lipinski definition) is 2. The van der Waals surface area contributed by atoms with Crippen molar-refractivity contribution in [1.29, 1.82) is 0 Å². The van der Waals surface area contributed by atoms with Crippen LogP contribution in [0.3, 0.4) is 0 Å². The zero-order chi connectivity index (χ0) is 21.9. The second-order valence-corrected chi connectivity index (χ2v) is 7.39. The SMILES string of the molecule is Cc1ccc(Cl)c(Nc2ccccc2C(=O)NCc2ccc(C(F)(F)F)cc2)c1Cl. The van der Waals surface area contributed by atoms with Crippen molar-refractivity contribution in [2.45, 2.75) is 19.6 Å². The first-order chi connectivity index (χ1) is 14.2. The van der Waals surface area contributed by atoms with E-state index >= 15 is 0 Å². The molecule has 2 N–H and O–H groups in total. The standard InChI is InChI=1S/C22H17Cl2F3N2O/c1-13-6-11-17(23)20(19(13)24)29-18-5-3-2-4-16(18)21(30)28-12-14-7-9-15(10-8-14)22(25,26)27/h2-11,29H,12H2,1H3,(H,28,30). The summed E-state index contributed by atoms with van der Waals surface area (Å²) in [5.41, 5.74) is 1.97. The number of nitrogens with one attached hydrogen (secondary N) is 2. The van der Waals surface area contributed by atoms with Gasteiger partial charge in [-0.3, -0.25) is 4.79 Å². The van der Waals surface area contributed by atoms with Gasteiger partial charge in [0.25, 0.3) is 5.91 Å². The van der Waals surface area contributed by atoms with Crippen molar-refractivity contribution in [1.82, 2.24) is 5.32 Å². The van der Waals surface area contributed by atoms with Crippen molar-refractivity contribution >= 4 is 40.5 Å². The number of rotatable bonds is 5. The number of benzene rings is 3. The van der Waals surface area contributed by atoms with Gasteiger partial charge < -0.3 is 10.6 Å². The average molecular weight is 453 g/mol. The van der Waals surface area contributed by atoms with Crippen LogP contribution < -0.4 is 10.6 Å². The fourth-order valence-electron chi connectivity index (χ4n) is 2.79. The summed E-state index contributed by atoms with van der Waals surface area (Å²) in [6, 6.07) is 14.9. The molecule has 3 aromatic rings. The Balaban J connectivity index is 1.76. The monoisotopic (exact) mass is 452 g/mol. The van der Waals surface area contributed by atoms with E-state index in [-0.39, 0.29) is 6.54 Å². The van der Waals surface area contributed by atoms with Crippen LogP contribution in [0.15, 0.2) is 60.7 Å². The lowest BCUT2D eigenvalue weighted by atomic mass is 10.1. The number of carbonyl (C=O) groups excluding carboxylic acids is 1. The molecule has 8 heteroatoms. The second-order valence-electron chi connectivity index (χ2n) is 6.60. The third-order valence-electron chi connectivity index (χ3n) is 4.45. The minimum atomic E-state index is -4.40. The highest BCUT2D eigenvalue weighted by atomic mass is 35.5. The summed E-state index contributed by atoms with van der Waals surface area (Å²) in [6.45, 7) is 1.92. The molecule has 0 fully saturated rings. The first kappa shape index (κ1) is 22.0. The molecular formula is C22H17Cl2F3N2O. The van der Waals surface area contributed by atoms with Crippen LogP contribution in [0.2, 0.25) is 10.0 Å². The Bertz CT molecular complexity index is 1070. The molecule has 0 atom stereocenters. The number of carbonyl (C=O) groups is 1. The maximum Gasteiger partial charge on any atom is 0.416 e. The Kier molecular flexibility index (Phi) is 6.58. The summed E-state index contributed by atoms with van der Waals surface area (Å²) in [6.07, 6.45) is -4.40. The zero-order valence-corrected chi connectivity index (χ0v) is 17.3. The molecule has 156 valence electrons. The van der Waals surface area contributed by atoms with Crippen LogP contribution >= 0.6 is 23.2 Å². The van der Waals surface area contributed by atoms with Gasteiger partial charge in [-0.2, -0.15) is 13.2 Å². The molecule has 0 aliphatic heterocycles. The van der Waals surface area contributed by atoms with E-state index in [2.05, 4.69) is 10.6 Å². The Morgan fingerprint density at radius 3 is 2.30 bits per heavy atom. The fourth-order valence-corrected chi connectivity index (χ4v) is 3.25. The largest absolute Gasteiger partial charge is 0.416 e. The third kappa shape index (κ3) is 5.07. The van der Waals surface area contributed by atoms with Crippen molar-refractivity contribution in [2.24, 2.45) is 0 Å². The van der Waals surface area contributed by atoms with E-state index in [0.717, 1.165) is 17.7 Å². The van der Waals surface area contributed by atoms with Crippen LogP contribution in [0.4, 0.5) is 24.5 Å². The molecule has 3 rings (SSSR count). The van der Waals surface area contributed by atoms with E-state index in [1.54, 1.807) is 36.4 Å². The molecule has 0 spiro atoms. The number of amides is 1. The number of para-hydroxylation sites is 1. The van der Waals surface area contributed by atoms with Crippen molar-refractivity contribution in [3.05, 3.63) is 93.0 Å². The molecule has 0 heterocycles. The summed E-state index contributed by atoms with van der Waals surface area (Å²) >= 11 is 12.6. The Morgan fingerprint density at radius 2 is 1.63 bits per heavy atom. The molecular weight excluding hydrogens is 436 g/mol. The highest BCUT2D eigenvalue weighted by molar-refractivity contribution is 6.39. The molecule has 0 saturated carbocycles. The molecule has 3 aromatic carbocycles. The molecule has 0 saturated heterocycles.